The molecule has 2 N–H and O–H groups in total. The second-order valence-electron chi connectivity index (χ2n) is 6.40. The Labute approximate surface area is 167 Å². The van der Waals surface area contributed by atoms with E-state index in [1.807, 2.05) is 0 Å². The molecule has 0 unspecified atom stereocenters. The summed E-state index contributed by atoms with van der Waals surface area (Å²) in [6.07, 6.45) is 1.24. The fourth-order valence-electron chi connectivity index (χ4n) is 2.98. The van der Waals surface area contributed by atoms with Crippen LogP contribution in [0.5, 0.6) is 5.75 Å². The number of nitrogens with zero attached hydrogens (tertiary/aromatic N) is 1. The molecule has 3 amide bonds. The molecule has 0 aliphatic carbocycles. The average molecular weight is 402 g/mol. The average Bonchev–Trinajstić information content (AvgIpc) is 3.10. The summed E-state index contributed by atoms with van der Waals surface area (Å²) in [7, 11) is 1.51. The zero-order chi connectivity index (χ0) is 20.3. The van der Waals surface area contributed by atoms with Gasteiger partial charge in [-0.2, -0.15) is 0 Å². The van der Waals surface area contributed by atoms with Gasteiger partial charge in [0.1, 0.15) is 5.75 Å². The van der Waals surface area contributed by atoms with Crippen LogP contribution in [-0.4, -0.2) is 31.4 Å². The highest BCUT2D eigenvalue weighted by Gasteiger charge is 2.25. The van der Waals surface area contributed by atoms with Crippen LogP contribution in [0.2, 0.25) is 5.02 Å². The first kappa shape index (κ1) is 19.7. The summed E-state index contributed by atoms with van der Waals surface area (Å²) in [4.78, 5) is 38.2. The number of hydrogen-bond donors (Lipinski definition) is 2. The van der Waals surface area contributed by atoms with Gasteiger partial charge in [0, 0.05) is 29.4 Å². The van der Waals surface area contributed by atoms with Crippen molar-refractivity contribution in [2.24, 2.45) is 0 Å². The minimum atomic E-state index is -0.830. The van der Waals surface area contributed by atoms with Crippen LogP contribution in [0.1, 0.15) is 18.4 Å². The van der Waals surface area contributed by atoms with Crippen LogP contribution in [0.25, 0.3) is 0 Å². The molecule has 146 valence electrons. The molecular weight excluding hydrogens is 382 g/mol. The SMILES string of the molecule is COc1ccc(NC(=O)C(=O)Nc2cc(Cl)ccc2C)cc1N1CCCC1=O. The molecule has 0 aromatic heterocycles. The Bertz CT molecular complexity index is 945. The molecule has 3 rings (SSSR count). The van der Waals surface area contributed by atoms with E-state index in [1.165, 1.54) is 7.11 Å². The molecule has 1 fully saturated rings. The van der Waals surface area contributed by atoms with E-state index < -0.39 is 11.8 Å². The van der Waals surface area contributed by atoms with Crippen molar-refractivity contribution in [1.82, 2.24) is 0 Å². The highest BCUT2D eigenvalue weighted by Crippen LogP contribution is 2.34. The van der Waals surface area contributed by atoms with Gasteiger partial charge in [-0.1, -0.05) is 17.7 Å². The second kappa shape index (κ2) is 8.31. The van der Waals surface area contributed by atoms with Gasteiger partial charge in [0.2, 0.25) is 5.91 Å². The summed E-state index contributed by atoms with van der Waals surface area (Å²) in [6.45, 7) is 2.38. The first-order valence-electron chi connectivity index (χ1n) is 8.76. The van der Waals surface area contributed by atoms with Crippen LogP contribution in [0.4, 0.5) is 17.1 Å². The van der Waals surface area contributed by atoms with Gasteiger partial charge in [0.05, 0.1) is 12.8 Å². The zero-order valence-corrected chi connectivity index (χ0v) is 16.3. The number of carbonyl (C=O) groups is 3. The summed E-state index contributed by atoms with van der Waals surface area (Å²) in [5, 5.41) is 5.55. The molecular formula is C20H20ClN3O4. The number of hydrogen-bond acceptors (Lipinski definition) is 4. The molecule has 1 saturated heterocycles. The number of rotatable bonds is 4. The standard InChI is InChI=1S/C20H20ClN3O4/c1-12-5-6-13(21)10-15(12)23-20(27)19(26)22-14-7-8-17(28-2)16(11-14)24-9-3-4-18(24)25/h5-8,10-11H,3-4,9H2,1-2H3,(H,22,26)(H,23,27). The van der Waals surface area contributed by atoms with Crippen molar-refractivity contribution in [3.8, 4) is 5.75 Å². The predicted octanol–water partition coefficient (Wildman–Crippen LogP) is 3.36. The number of halogens is 1. The number of anilines is 3. The van der Waals surface area contributed by atoms with E-state index in [4.69, 9.17) is 16.3 Å². The molecule has 0 bridgehead atoms. The molecule has 0 radical (unpaired) electrons. The zero-order valence-electron chi connectivity index (χ0n) is 15.5. The quantitative estimate of drug-likeness (QED) is 0.769. The summed E-state index contributed by atoms with van der Waals surface area (Å²) in [5.41, 5.74) is 2.20. The number of ether oxygens (including phenoxy) is 1. The van der Waals surface area contributed by atoms with E-state index in [0.29, 0.717) is 40.8 Å². The van der Waals surface area contributed by atoms with E-state index in [2.05, 4.69) is 10.6 Å². The van der Waals surface area contributed by atoms with Crippen LogP contribution in [-0.2, 0) is 14.4 Å². The molecule has 1 aliphatic rings. The molecule has 2 aromatic carbocycles. The predicted molar refractivity (Wildman–Crippen MR) is 108 cm³/mol. The van der Waals surface area contributed by atoms with E-state index in [0.717, 1.165) is 12.0 Å². The van der Waals surface area contributed by atoms with Gasteiger partial charge in [-0.25, -0.2) is 0 Å². The first-order chi connectivity index (χ1) is 13.4. The maximum Gasteiger partial charge on any atom is 0.314 e. The molecule has 8 heteroatoms. The number of nitrogens with one attached hydrogen (secondary N) is 2. The lowest BCUT2D eigenvalue weighted by Gasteiger charge is -2.20. The Hall–Kier alpha value is -3.06. The van der Waals surface area contributed by atoms with Crippen molar-refractivity contribution in [2.45, 2.75) is 19.8 Å². The van der Waals surface area contributed by atoms with Crippen molar-refractivity contribution in [1.29, 1.82) is 0 Å². The fourth-order valence-corrected chi connectivity index (χ4v) is 3.15. The van der Waals surface area contributed by atoms with Gasteiger partial charge in [0.25, 0.3) is 0 Å². The van der Waals surface area contributed by atoms with Crippen LogP contribution in [0, 0.1) is 6.92 Å². The maximum absolute atomic E-state index is 12.3. The Morgan fingerprint density at radius 1 is 1.11 bits per heavy atom. The van der Waals surface area contributed by atoms with Crippen LogP contribution < -0.4 is 20.3 Å². The Kier molecular flexibility index (Phi) is 5.84. The third-order valence-corrected chi connectivity index (χ3v) is 4.69. The van der Waals surface area contributed by atoms with Gasteiger partial charge in [-0.05, 0) is 49.2 Å². The summed E-state index contributed by atoms with van der Waals surface area (Å²) < 4.78 is 5.32. The maximum atomic E-state index is 12.3. The second-order valence-corrected chi connectivity index (χ2v) is 6.84. The van der Waals surface area contributed by atoms with Crippen molar-refractivity contribution < 1.29 is 19.1 Å². The lowest BCUT2D eigenvalue weighted by atomic mass is 10.2. The lowest BCUT2D eigenvalue weighted by molar-refractivity contribution is -0.133. The number of benzene rings is 2. The van der Waals surface area contributed by atoms with Crippen molar-refractivity contribution in [3.05, 3.63) is 47.0 Å². The summed E-state index contributed by atoms with van der Waals surface area (Å²) in [6, 6.07) is 9.91. The Morgan fingerprint density at radius 2 is 1.86 bits per heavy atom. The normalized spacial score (nSPS) is 13.4. The monoisotopic (exact) mass is 401 g/mol. The third-order valence-electron chi connectivity index (χ3n) is 4.45. The summed E-state index contributed by atoms with van der Waals surface area (Å²) >= 11 is 5.93. The molecule has 2 aromatic rings. The van der Waals surface area contributed by atoms with Crippen LogP contribution >= 0.6 is 11.6 Å². The number of aryl methyl sites for hydroxylation is 1. The van der Waals surface area contributed by atoms with Gasteiger partial charge >= 0.3 is 11.8 Å². The van der Waals surface area contributed by atoms with Gasteiger partial charge in [0.15, 0.2) is 0 Å². The Balaban J connectivity index is 1.75. The number of carbonyl (C=O) groups excluding carboxylic acids is 3. The van der Waals surface area contributed by atoms with Crippen molar-refractivity contribution in [3.63, 3.8) is 0 Å². The molecule has 28 heavy (non-hydrogen) atoms. The van der Waals surface area contributed by atoms with Gasteiger partial charge in [-0.3, -0.25) is 14.4 Å². The molecule has 0 saturated carbocycles. The first-order valence-corrected chi connectivity index (χ1v) is 9.13. The van der Waals surface area contributed by atoms with E-state index in [9.17, 15) is 14.4 Å². The van der Waals surface area contributed by atoms with Crippen molar-refractivity contribution >= 4 is 46.4 Å². The minimum absolute atomic E-state index is 0.00375. The van der Waals surface area contributed by atoms with Gasteiger partial charge < -0.3 is 20.3 Å². The Morgan fingerprint density at radius 3 is 2.54 bits per heavy atom. The summed E-state index contributed by atoms with van der Waals surface area (Å²) in [5.74, 6) is -1.13. The fraction of sp³-hybridized carbons (Fsp3) is 0.250. The molecule has 1 aliphatic heterocycles. The lowest BCUT2D eigenvalue weighted by Crippen LogP contribution is -2.29. The van der Waals surface area contributed by atoms with Gasteiger partial charge in [-0.15, -0.1) is 0 Å². The highest BCUT2D eigenvalue weighted by molar-refractivity contribution is 6.44. The van der Waals surface area contributed by atoms with Crippen molar-refractivity contribution in [2.75, 3.05) is 29.2 Å². The largest absolute Gasteiger partial charge is 0.495 e. The third kappa shape index (κ3) is 4.26. The van der Waals surface area contributed by atoms with Crippen LogP contribution in [0.15, 0.2) is 36.4 Å². The highest BCUT2D eigenvalue weighted by atomic mass is 35.5. The minimum Gasteiger partial charge on any atom is -0.495 e. The molecule has 0 spiro atoms. The van der Waals surface area contributed by atoms with E-state index in [-0.39, 0.29) is 5.91 Å². The molecule has 0 atom stereocenters. The molecule has 7 nitrogen and oxygen atoms in total. The van der Waals surface area contributed by atoms with E-state index in [1.54, 1.807) is 48.2 Å². The smallest absolute Gasteiger partial charge is 0.314 e. The van der Waals surface area contributed by atoms with E-state index >= 15 is 0 Å². The molecule has 1 heterocycles. The number of amides is 3. The van der Waals surface area contributed by atoms with Crippen LogP contribution in [0.3, 0.4) is 0 Å². The number of methoxy groups -OCH3 is 1. The topological polar surface area (TPSA) is 87.7 Å².